The van der Waals surface area contributed by atoms with Gasteiger partial charge in [-0.1, -0.05) is 0 Å². The van der Waals surface area contributed by atoms with Crippen molar-refractivity contribution in [1.29, 1.82) is 0 Å². The Hall–Kier alpha value is -2.84. The normalized spacial score (nSPS) is 12.0. The first kappa shape index (κ1) is 13.2. The van der Waals surface area contributed by atoms with Crippen LogP contribution in [-0.4, -0.2) is 25.7 Å². The van der Waals surface area contributed by atoms with Crippen LogP contribution in [0.3, 0.4) is 0 Å². The van der Waals surface area contributed by atoms with Gasteiger partial charge in [-0.2, -0.15) is 18.3 Å². The van der Waals surface area contributed by atoms with Gasteiger partial charge in [-0.25, -0.2) is 14.3 Å². The Kier molecular flexibility index (Phi) is 2.71. The Bertz CT molecular complexity index is 835. The maximum atomic E-state index is 12.7. The monoisotopic (exact) mass is 297 g/mol. The first-order valence-corrected chi connectivity index (χ1v) is 5.61. The predicted octanol–water partition coefficient (Wildman–Crippen LogP) is 2.71. The summed E-state index contributed by atoms with van der Waals surface area (Å²) in [5, 5.41) is 12.7. The number of rotatable bonds is 2. The van der Waals surface area contributed by atoms with Gasteiger partial charge in [0, 0.05) is 18.0 Å². The molecule has 0 aliphatic rings. The second-order valence-corrected chi connectivity index (χ2v) is 4.12. The Morgan fingerprint density at radius 1 is 1.33 bits per heavy atom. The molecule has 3 aromatic rings. The number of hydrogen-bond acceptors (Lipinski definition) is 4. The number of nitrogens with zero attached hydrogens (tertiary/aromatic N) is 3. The highest BCUT2D eigenvalue weighted by Crippen LogP contribution is 2.34. The quantitative estimate of drug-likeness (QED) is 0.786. The first-order valence-electron chi connectivity index (χ1n) is 5.61. The summed E-state index contributed by atoms with van der Waals surface area (Å²) < 4.78 is 44.5. The number of carbonyl (C=O) groups is 1. The molecule has 0 saturated heterocycles. The van der Waals surface area contributed by atoms with E-state index in [0.29, 0.717) is 5.52 Å². The van der Waals surface area contributed by atoms with E-state index in [1.807, 2.05) is 0 Å². The lowest BCUT2D eigenvalue weighted by atomic mass is 10.2. The van der Waals surface area contributed by atoms with E-state index >= 15 is 0 Å². The standard InChI is InChI=1S/C12H6F3N3O3/c13-12(14,15)9-8(11(19)20)21-10(17-9)6-2-4-18-7(5-6)1-3-16-18/h1-5H,(H,19,20). The zero-order valence-electron chi connectivity index (χ0n) is 10.1. The highest BCUT2D eigenvalue weighted by atomic mass is 19.4. The summed E-state index contributed by atoms with van der Waals surface area (Å²) in [6, 6.07) is 4.55. The average Bonchev–Trinajstić information content (AvgIpc) is 3.03. The van der Waals surface area contributed by atoms with Gasteiger partial charge in [-0.05, 0) is 18.2 Å². The molecule has 6 nitrogen and oxygen atoms in total. The third-order valence-corrected chi connectivity index (χ3v) is 2.74. The maximum absolute atomic E-state index is 12.7. The van der Waals surface area contributed by atoms with Crippen molar-refractivity contribution in [2.24, 2.45) is 0 Å². The van der Waals surface area contributed by atoms with Gasteiger partial charge in [0.1, 0.15) is 0 Å². The second kappa shape index (κ2) is 4.33. The summed E-state index contributed by atoms with van der Waals surface area (Å²) >= 11 is 0. The topological polar surface area (TPSA) is 80.6 Å². The third kappa shape index (κ3) is 2.22. The van der Waals surface area contributed by atoms with Crippen LogP contribution >= 0.6 is 0 Å². The number of aromatic nitrogens is 3. The largest absolute Gasteiger partial charge is 0.475 e. The lowest BCUT2D eigenvalue weighted by molar-refractivity contribution is -0.141. The average molecular weight is 297 g/mol. The highest BCUT2D eigenvalue weighted by Gasteiger charge is 2.41. The molecule has 0 amide bonds. The van der Waals surface area contributed by atoms with Crippen molar-refractivity contribution in [3.8, 4) is 11.5 Å². The van der Waals surface area contributed by atoms with Gasteiger partial charge in [-0.15, -0.1) is 0 Å². The number of fused-ring (bicyclic) bond motifs is 1. The number of hydrogen-bond donors (Lipinski definition) is 1. The molecule has 0 unspecified atom stereocenters. The van der Waals surface area contributed by atoms with Crippen LogP contribution in [0.4, 0.5) is 13.2 Å². The minimum Gasteiger partial charge on any atom is -0.475 e. The number of aromatic carboxylic acids is 1. The number of carboxylic acids is 1. The van der Waals surface area contributed by atoms with Crippen LogP contribution < -0.4 is 0 Å². The summed E-state index contributed by atoms with van der Waals surface area (Å²) in [6.07, 6.45) is -1.89. The fraction of sp³-hybridized carbons (Fsp3) is 0.0833. The van der Waals surface area contributed by atoms with Gasteiger partial charge in [0.05, 0.1) is 5.52 Å². The number of pyridine rings is 1. The van der Waals surface area contributed by atoms with E-state index in [0.717, 1.165) is 0 Å². The molecule has 0 atom stereocenters. The zero-order valence-corrected chi connectivity index (χ0v) is 10.1. The maximum Gasteiger partial charge on any atom is 0.437 e. The molecule has 0 radical (unpaired) electrons. The molecule has 21 heavy (non-hydrogen) atoms. The summed E-state index contributed by atoms with van der Waals surface area (Å²) in [7, 11) is 0. The molecule has 1 N–H and O–H groups in total. The van der Waals surface area contributed by atoms with E-state index in [1.165, 1.54) is 29.0 Å². The number of alkyl halides is 3. The second-order valence-electron chi connectivity index (χ2n) is 4.12. The molecule has 0 aliphatic heterocycles. The van der Waals surface area contributed by atoms with E-state index in [4.69, 9.17) is 9.52 Å². The van der Waals surface area contributed by atoms with Gasteiger partial charge in [0.2, 0.25) is 11.7 Å². The lowest BCUT2D eigenvalue weighted by Crippen LogP contribution is -2.11. The lowest BCUT2D eigenvalue weighted by Gasteiger charge is -2.00. The Labute approximate surface area is 114 Å². The Morgan fingerprint density at radius 2 is 2.10 bits per heavy atom. The van der Waals surface area contributed by atoms with Crippen LogP contribution in [-0.2, 0) is 6.18 Å². The van der Waals surface area contributed by atoms with Crippen LogP contribution in [0.1, 0.15) is 16.2 Å². The van der Waals surface area contributed by atoms with E-state index in [-0.39, 0.29) is 5.56 Å². The van der Waals surface area contributed by atoms with Gasteiger partial charge in [0.15, 0.2) is 5.69 Å². The van der Waals surface area contributed by atoms with Crippen molar-refractivity contribution < 1.29 is 27.5 Å². The summed E-state index contributed by atoms with van der Waals surface area (Å²) in [4.78, 5) is 14.1. The van der Waals surface area contributed by atoms with Crippen LogP contribution in [0.2, 0.25) is 0 Å². The van der Waals surface area contributed by atoms with E-state index in [9.17, 15) is 18.0 Å². The van der Waals surface area contributed by atoms with Crippen LogP contribution in [0.15, 0.2) is 35.0 Å². The van der Waals surface area contributed by atoms with Crippen molar-refractivity contribution in [3.05, 3.63) is 42.0 Å². The van der Waals surface area contributed by atoms with Crippen LogP contribution in [0.25, 0.3) is 17.0 Å². The van der Waals surface area contributed by atoms with Gasteiger partial charge in [-0.3, -0.25) is 0 Å². The fourth-order valence-corrected chi connectivity index (χ4v) is 1.84. The molecule has 0 spiro atoms. The molecule has 0 saturated carbocycles. The third-order valence-electron chi connectivity index (χ3n) is 2.74. The molecule has 9 heteroatoms. The van der Waals surface area contributed by atoms with Crippen molar-refractivity contribution in [3.63, 3.8) is 0 Å². The van der Waals surface area contributed by atoms with Gasteiger partial charge < -0.3 is 9.52 Å². The van der Waals surface area contributed by atoms with Crippen molar-refractivity contribution in [1.82, 2.24) is 14.6 Å². The molecular formula is C12H6F3N3O3. The fourth-order valence-electron chi connectivity index (χ4n) is 1.84. The highest BCUT2D eigenvalue weighted by molar-refractivity contribution is 5.86. The molecule has 3 rings (SSSR count). The summed E-state index contributed by atoms with van der Waals surface area (Å²) in [5.41, 5.74) is -0.726. The Balaban J connectivity index is 2.16. The first-order chi connectivity index (χ1) is 9.86. The number of oxazole rings is 1. The molecule has 0 fully saturated rings. The minimum atomic E-state index is -4.91. The van der Waals surface area contributed by atoms with Gasteiger partial charge in [0.25, 0.3) is 0 Å². The smallest absolute Gasteiger partial charge is 0.437 e. The summed E-state index contributed by atoms with van der Waals surface area (Å²) in [6.45, 7) is 0. The van der Waals surface area contributed by atoms with Crippen molar-refractivity contribution in [2.45, 2.75) is 6.18 Å². The van der Waals surface area contributed by atoms with Gasteiger partial charge >= 0.3 is 12.1 Å². The molecule has 0 aromatic carbocycles. The summed E-state index contributed by atoms with van der Waals surface area (Å²) in [5.74, 6) is -3.47. The molecular weight excluding hydrogens is 291 g/mol. The zero-order chi connectivity index (χ0) is 15.2. The van der Waals surface area contributed by atoms with Crippen molar-refractivity contribution >= 4 is 11.5 Å². The molecule has 108 valence electrons. The van der Waals surface area contributed by atoms with Crippen LogP contribution in [0, 0.1) is 0 Å². The number of carboxylic acid groups (broad SMARTS) is 1. The Morgan fingerprint density at radius 3 is 2.71 bits per heavy atom. The van der Waals surface area contributed by atoms with Crippen LogP contribution in [0.5, 0.6) is 0 Å². The van der Waals surface area contributed by atoms with E-state index < -0.39 is 29.5 Å². The molecule has 3 heterocycles. The minimum absolute atomic E-state index is 0.223. The number of halogens is 3. The van der Waals surface area contributed by atoms with Crippen molar-refractivity contribution in [2.75, 3.05) is 0 Å². The molecule has 0 bridgehead atoms. The van der Waals surface area contributed by atoms with E-state index in [2.05, 4.69) is 10.1 Å². The van der Waals surface area contributed by atoms with E-state index in [1.54, 1.807) is 6.07 Å². The predicted molar refractivity (Wildman–Crippen MR) is 62.7 cm³/mol. The SMILES string of the molecule is O=C(O)c1oc(-c2ccn3nccc3c2)nc1C(F)(F)F. The molecule has 0 aliphatic carbocycles. The molecule has 3 aromatic heterocycles.